The van der Waals surface area contributed by atoms with E-state index >= 15 is 0 Å². The summed E-state index contributed by atoms with van der Waals surface area (Å²) >= 11 is 0. The van der Waals surface area contributed by atoms with Gasteiger partial charge >= 0.3 is 0 Å². The Labute approximate surface area is 100 Å². The second-order valence-corrected chi connectivity index (χ2v) is 3.93. The molecule has 0 saturated carbocycles. The Hall–Kier alpha value is -1.66. The average Bonchev–Trinajstić information content (AvgIpc) is 2.34. The fourth-order valence-electron chi connectivity index (χ4n) is 1.38. The number of nitrogens with one attached hydrogen (secondary N) is 1. The minimum absolute atomic E-state index is 0.174. The van der Waals surface area contributed by atoms with Crippen molar-refractivity contribution in [3.8, 4) is 0 Å². The van der Waals surface area contributed by atoms with Crippen LogP contribution in [0.2, 0.25) is 0 Å². The first-order valence-corrected chi connectivity index (χ1v) is 5.40. The van der Waals surface area contributed by atoms with Crippen LogP contribution >= 0.6 is 0 Å². The van der Waals surface area contributed by atoms with Crippen LogP contribution in [-0.2, 0) is 0 Å². The first-order chi connectivity index (χ1) is 8.06. The molecule has 0 aliphatic heterocycles. The molecule has 0 aromatic carbocycles. The number of anilines is 1. The summed E-state index contributed by atoms with van der Waals surface area (Å²) in [5, 5.41) is 9.17. The van der Waals surface area contributed by atoms with Crippen molar-refractivity contribution in [3.05, 3.63) is 24.0 Å². The number of nitrogens with two attached hydrogens (primary N) is 1. The van der Waals surface area contributed by atoms with Crippen LogP contribution in [-0.4, -0.2) is 40.6 Å². The Morgan fingerprint density at radius 3 is 3.00 bits per heavy atom. The predicted molar refractivity (Wildman–Crippen MR) is 65.3 cm³/mol. The molecule has 1 amide bonds. The molecule has 6 nitrogen and oxygen atoms in total. The van der Waals surface area contributed by atoms with Crippen LogP contribution in [0.15, 0.2) is 18.5 Å². The number of hydrogen-bond donors (Lipinski definition) is 3. The van der Waals surface area contributed by atoms with Crippen molar-refractivity contribution in [1.82, 2.24) is 9.88 Å². The number of nitrogen functional groups attached to an aromatic ring is 1. The molecule has 0 radical (unpaired) electrons. The van der Waals surface area contributed by atoms with Gasteiger partial charge in [-0.2, -0.15) is 0 Å². The molecule has 0 aliphatic rings. The summed E-state index contributed by atoms with van der Waals surface area (Å²) in [6, 6.07) is 1.63. The van der Waals surface area contributed by atoms with Gasteiger partial charge in [-0.3, -0.25) is 15.6 Å². The zero-order chi connectivity index (χ0) is 12.8. The van der Waals surface area contributed by atoms with Crippen molar-refractivity contribution in [2.24, 2.45) is 5.84 Å². The molecule has 6 heteroatoms. The number of hydrogen-bond acceptors (Lipinski definition) is 5. The number of rotatable bonds is 5. The Balaban J connectivity index is 2.74. The van der Waals surface area contributed by atoms with Crippen LogP contribution in [0.25, 0.3) is 0 Å². The molecule has 0 saturated heterocycles. The fourth-order valence-corrected chi connectivity index (χ4v) is 1.38. The number of nitrogens with zero attached hydrogens (tertiary/aromatic N) is 2. The highest BCUT2D eigenvalue weighted by atomic mass is 16.3. The lowest BCUT2D eigenvalue weighted by atomic mass is 10.2. The van der Waals surface area contributed by atoms with E-state index in [1.165, 1.54) is 11.1 Å². The molecule has 1 rings (SSSR count). The van der Waals surface area contributed by atoms with E-state index in [2.05, 4.69) is 10.4 Å². The third-order valence-electron chi connectivity index (χ3n) is 2.44. The van der Waals surface area contributed by atoms with Gasteiger partial charge in [0.25, 0.3) is 5.91 Å². The van der Waals surface area contributed by atoms with Crippen LogP contribution in [0.5, 0.6) is 0 Å². The van der Waals surface area contributed by atoms with Gasteiger partial charge in [0.15, 0.2) is 0 Å². The van der Waals surface area contributed by atoms with Crippen LogP contribution < -0.4 is 11.3 Å². The van der Waals surface area contributed by atoms with Gasteiger partial charge in [0.05, 0.1) is 17.4 Å². The van der Waals surface area contributed by atoms with Crippen LogP contribution in [0.3, 0.4) is 0 Å². The second kappa shape index (κ2) is 6.17. The first-order valence-electron chi connectivity index (χ1n) is 5.40. The molecule has 0 spiro atoms. The van der Waals surface area contributed by atoms with E-state index in [-0.39, 0.29) is 5.91 Å². The van der Waals surface area contributed by atoms with Gasteiger partial charge in [-0.1, -0.05) is 0 Å². The van der Waals surface area contributed by atoms with Gasteiger partial charge < -0.3 is 15.4 Å². The van der Waals surface area contributed by atoms with Crippen molar-refractivity contribution < 1.29 is 9.90 Å². The van der Waals surface area contributed by atoms with Crippen molar-refractivity contribution >= 4 is 11.6 Å². The minimum Gasteiger partial charge on any atom is -0.393 e. The molecule has 1 unspecified atom stereocenters. The summed E-state index contributed by atoms with van der Waals surface area (Å²) in [6.45, 7) is 2.17. The number of aliphatic hydroxyl groups is 1. The number of hydrazine groups is 1. The van der Waals surface area contributed by atoms with Gasteiger partial charge in [0.1, 0.15) is 0 Å². The third kappa shape index (κ3) is 3.69. The largest absolute Gasteiger partial charge is 0.393 e. The topological polar surface area (TPSA) is 91.5 Å². The fraction of sp³-hybridized carbons (Fsp3) is 0.455. The maximum absolute atomic E-state index is 12.0. The standard InChI is InChI=1S/C11H18N4O2/c1-8(16)4-6-15(2)11(17)9-7-13-5-3-10(9)14-12/h3,5,7-8,16H,4,6,12H2,1-2H3,(H,13,14). The van der Waals surface area contributed by atoms with Gasteiger partial charge in [-0.05, 0) is 19.4 Å². The molecule has 0 aliphatic carbocycles. The van der Waals surface area contributed by atoms with Gasteiger partial charge in [0, 0.05) is 26.0 Å². The lowest BCUT2D eigenvalue weighted by Crippen LogP contribution is -2.30. The van der Waals surface area contributed by atoms with Crippen molar-refractivity contribution in [2.75, 3.05) is 19.0 Å². The Morgan fingerprint density at radius 1 is 1.71 bits per heavy atom. The van der Waals surface area contributed by atoms with E-state index in [9.17, 15) is 9.90 Å². The summed E-state index contributed by atoms with van der Waals surface area (Å²) in [7, 11) is 1.68. The van der Waals surface area contributed by atoms with Gasteiger partial charge in [0.2, 0.25) is 0 Å². The highest BCUT2D eigenvalue weighted by Crippen LogP contribution is 2.14. The monoisotopic (exact) mass is 238 g/mol. The van der Waals surface area contributed by atoms with E-state index in [0.717, 1.165) is 0 Å². The van der Waals surface area contributed by atoms with E-state index in [0.29, 0.717) is 24.2 Å². The SMILES string of the molecule is CC(O)CCN(C)C(=O)c1cnccc1NN. The quantitative estimate of drug-likeness (QED) is 0.504. The Kier molecular flexibility index (Phi) is 4.86. The summed E-state index contributed by atoms with van der Waals surface area (Å²) in [4.78, 5) is 17.5. The molecule has 0 fully saturated rings. The predicted octanol–water partition coefficient (Wildman–Crippen LogP) is 0.210. The molecular formula is C11H18N4O2. The number of carbonyl (C=O) groups is 1. The maximum Gasteiger partial charge on any atom is 0.257 e. The van der Waals surface area contributed by atoms with E-state index in [1.54, 1.807) is 26.2 Å². The summed E-state index contributed by atoms with van der Waals surface area (Å²) in [5.74, 6) is 5.15. The first kappa shape index (κ1) is 13.4. The molecular weight excluding hydrogens is 220 g/mol. The molecule has 1 aromatic rings. The third-order valence-corrected chi connectivity index (χ3v) is 2.44. The number of aliphatic hydroxyl groups excluding tert-OH is 1. The lowest BCUT2D eigenvalue weighted by Gasteiger charge is -2.19. The van der Waals surface area contributed by atoms with E-state index < -0.39 is 6.10 Å². The van der Waals surface area contributed by atoms with E-state index in [4.69, 9.17) is 5.84 Å². The molecule has 1 atom stereocenters. The van der Waals surface area contributed by atoms with Crippen LogP contribution in [0.4, 0.5) is 5.69 Å². The molecule has 17 heavy (non-hydrogen) atoms. The Morgan fingerprint density at radius 2 is 2.41 bits per heavy atom. The molecule has 1 aromatic heterocycles. The van der Waals surface area contributed by atoms with Gasteiger partial charge in [-0.25, -0.2) is 0 Å². The van der Waals surface area contributed by atoms with Crippen molar-refractivity contribution in [2.45, 2.75) is 19.4 Å². The normalized spacial score (nSPS) is 12.0. The van der Waals surface area contributed by atoms with Crippen LogP contribution in [0, 0.1) is 0 Å². The molecule has 94 valence electrons. The van der Waals surface area contributed by atoms with Gasteiger partial charge in [-0.15, -0.1) is 0 Å². The van der Waals surface area contributed by atoms with Crippen molar-refractivity contribution in [3.63, 3.8) is 0 Å². The molecule has 4 N–H and O–H groups in total. The van der Waals surface area contributed by atoms with Crippen molar-refractivity contribution in [1.29, 1.82) is 0 Å². The second-order valence-electron chi connectivity index (χ2n) is 3.93. The molecule has 0 bridgehead atoms. The van der Waals surface area contributed by atoms with E-state index in [1.807, 2.05) is 0 Å². The maximum atomic E-state index is 12.0. The lowest BCUT2D eigenvalue weighted by molar-refractivity contribution is 0.0769. The number of carbonyl (C=O) groups excluding carboxylic acids is 1. The Bertz CT molecular complexity index is 381. The number of amides is 1. The summed E-state index contributed by atoms with van der Waals surface area (Å²) in [5.41, 5.74) is 3.41. The minimum atomic E-state index is -0.425. The summed E-state index contributed by atoms with van der Waals surface area (Å²) < 4.78 is 0. The highest BCUT2D eigenvalue weighted by Gasteiger charge is 2.15. The number of pyridine rings is 1. The molecule has 1 heterocycles. The summed E-state index contributed by atoms with van der Waals surface area (Å²) in [6.07, 6.45) is 3.14. The van der Waals surface area contributed by atoms with Crippen LogP contribution in [0.1, 0.15) is 23.7 Å². The average molecular weight is 238 g/mol. The highest BCUT2D eigenvalue weighted by molar-refractivity contribution is 5.99. The zero-order valence-electron chi connectivity index (χ0n) is 10.1. The smallest absolute Gasteiger partial charge is 0.257 e. The number of aromatic nitrogens is 1. The zero-order valence-corrected chi connectivity index (χ0v) is 10.1.